The maximum absolute atomic E-state index is 15.0. The van der Waals surface area contributed by atoms with Crippen LogP contribution in [-0.4, -0.2) is 85.0 Å². The summed E-state index contributed by atoms with van der Waals surface area (Å²) in [4.78, 5) is 80.4. The third-order valence-electron chi connectivity index (χ3n) is 12.4. The van der Waals surface area contributed by atoms with Gasteiger partial charge in [-0.2, -0.15) is 0 Å². The van der Waals surface area contributed by atoms with Crippen LogP contribution in [0.5, 0.6) is 0 Å². The third-order valence-corrected chi connectivity index (χ3v) is 12.4. The van der Waals surface area contributed by atoms with E-state index in [1.165, 1.54) is 27.2 Å². The van der Waals surface area contributed by atoms with Crippen molar-refractivity contribution in [2.45, 2.75) is 50.6 Å². The van der Waals surface area contributed by atoms with Crippen LogP contribution in [-0.2, 0) is 23.2 Å². The number of carboxylic acids is 1. The van der Waals surface area contributed by atoms with Crippen molar-refractivity contribution in [3.63, 3.8) is 0 Å². The first-order valence-corrected chi connectivity index (χ1v) is 19.8. The normalized spacial score (nSPS) is 20.7. The number of H-pyrrole nitrogens is 1. The molecule has 1 saturated carbocycles. The van der Waals surface area contributed by atoms with Gasteiger partial charge in [0, 0.05) is 55.0 Å². The number of fused-ring (bicyclic) bond motifs is 2. The average molecular weight is 797 g/mol. The molecule has 6 heterocycles. The summed E-state index contributed by atoms with van der Waals surface area (Å²) in [5, 5.41) is 14.8. The molecule has 3 aromatic carbocycles. The molecule has 2 N–H and O–H groups in total. The van der Waals surface area contributed by atoms with E-state index < -0.39 is 28.9 Å². The molecule has 3 aliphatic heterocycles. The summed E-state index contributed by atoms with van der Waals surface area (Å²) in [7, 11) is 0. The van der Waals surface area contributed by atoms with E-state index in [4.69, 9.17) is 14.2 Å². The molecule has 2 saturated heterocycles. The van der Waals surface area contributed by atoms with Gasteiger partial charge in [0.15, 0.2) is 5.82 Å². The second-order valence-corrected chi connectivity index (χ2v) is 15.8. The van der Waals surface area contributed by atoms with Gasteiger partial charge >= 0.3 is 17.8 Å². The van der Waals surface area contributed by atoms with Crippen molar-refractivity contribution < 1.29 is 28.8 Å². The van der Waals surface area contributed by atoms with Gasteiger partial charge in [-0.05, 0) is 91.6 Å². The Morgan fingerprint density at radius 2 is 1.66 bits per heavy atom. The standard InChI is InChI=1S/C43H40N8O8/c1-25-23-43(25,39-45-41(56)59-46-39)51-34-11-10-27(26-13-18-58-19-14-26)20-29(34)22-35(51)37(53)47-15-12-32-33(24-47)44-40(49-17-16-48(42(49)57)30-7-3-2-4-8-30)50(36(32)52)31-9-5-6-28(21-31)38(54)55/h2-11,20-22,25-26H,12-19,23-24H2,1H3,(H,54,55)(H,45,46,56)/t25-,43-/m0/s1. The number of hydrogen-bond acceptors (Lipinski definition) is 9. The molecule has 2 atom stereocenters. The monoisotopic (exact) mass is 796 g/mol. The number of benzene rings is 3. The van der Waals surface area contributed by atoms with Crippen molar-refractivity contribution in [3.8, 4) is 5.69 Å². The minimum absolute atomic E-state index is 0.0124. The summed E-state index contributed by atoms with van der Waals surface area (Å²) in [5.41, 5.74) is 2.73. The molecular formula is C43H40N8O8. The molecule has 4 aliphatic rings. The number of aromatic amines is 1. The predicted molar refractivity (Wildman–Crippen MR) is 214 cm³/mol. The number of carboxylic acid groups (broad SMARTS) is 1. The van der Waals surface area contributed by atoms with Gasteiger partial charge in [0.05, 0.1) is 23.5 Å². The molecule has 16 heteroatoms. The van der Waals surface area contributed by atoms with E-state index in [1.807, 2.05) is 54.0 Å². The van der Waals surface area contributed by atoms with Crippen molar-refractivity contribution >= 4 is 40.4 Å². The van der Waals surface area contributed by atoms with Crippen LogP contribution in [0.1, 0.15) is 75.6 Å². The van der Waals surface area contributed by atoms with Crippen LogP contribution in [0.25, 0.3) is 16.6 Å². The molecule has 3 fully saturated rings. The summed E-state index contributed by atoms with van der Waals surface area (Å²) in [5.74, 6) is -1.42. The molecule has 10 rings (SSSR count). The number of nitrogens with zero attached hydrogens (tertiary/aromatic N) is 7. The summed E-state index contributed by atoms with van der Waals surface area (Å²) in [6, 6.07) is 22.9. The Morgan fingerprint density at radius 1 is 0.898 bits per heavy atom. The molecule has 1 aliphatic carbocycles. The fourth-order valence-electron chi connectivity index (χ4n) is 9.25. The first-order valence-electron chi connectivity index (χ1n) is 19.8. The predicted octanol–water partition coefficient (Wildman–Crippen LogP) is 4.88. The van der Waals surface area contributed by atoms with Crippen LogP contribution in [0, 0.1) is 5.92 Å². The third kappa shape index (κ3) is 5.96. The summed E-state index contributed by atoms with van der Waals surface area (Å²) in [6.07, 6.45) is 2.59. The Morgan fingerprint density at radius 3 is 2.39 bits per heavy atom. The second-order valence-electron chi connectivity index (χ2n) is 15.8. The number of para-hydroxylation sites is 1. The van der Waals surface area contributed by atoms with Gasteiger partial charge in [-0.15, -0.1) is 0 Å². The van der Waals surface area contributed by atoms with Crippen LogP contribution in [0.3, 0.4) is 0 Å². The SMILES string of the molecule is C[C@H]1C[C@]1(c1noc(=O)[nH]1)n1c(C(=O)N2CCc3c(nc(N4CCN(c5ccccc5)C4=O)n(-c4cccc(C(=O)O)c4)c3=O)C2)cc2cc(C3CCOCC3)ccc21. The summed E-state index contributed by atoms with van der Waals surface area (Å²) < 4.78 is 13.9. The lowest BCUT2D eigenvalue weighted by Crippen LogP contribution is -2.43. The summed E-state index contributed by atoms with van der Waals surface area (Å²) >= 11 is 0. The van der Waals surface area contributed by atoms with E-state index in [0.717, 1.165) is 23.7 Å². The van der Waals surface area contributed by atoms with Crippen molar-refractivity contribution in [1.29, 1.82) is 0 Å². The number of anilines is 2. The first-order chi connectivity index (χ1) is 28.6. The average Bonchev–Trinajstić information content (AvgIpc) is 3.58. The topological polar surface area (TPSA) is 189 Å². The van der Waals surface area contributed by atoms with E-state index in [9.17, 15) is 24.3 Å². The van der Waals surface area contributed by atoms with E-state index in [0.29, 0.717) is 60.6 Å². The van der Waals surface area contributed by atoms with Crippen LogP contribution in [0.4, 0.5) is 16.4 Å². The largest absolute Gasteiger partial charge is 0.478 e. The number of urea groups is 1. The highest BCUT2D eigenvalue weighted by atomic mass is 16.5. The minimum atomic E-state index is -1.16. The number of nitrogens with one attached hydrogen (secondary N) is 1. The number of carbonyl (C=O) groups excluding carboxylic acids is 2. The molecule has 0 unspecified atom stereocenters. The van der Waals surface area contributed by atoms with E-state index in [-0.39, 0.29) is 55.1 Å². The van der Waals surface area contributed by atoms with Gasteiger partial charge in [0.25, 0.3) is 11.5 Å². The zero-order valence-corrected chi connectivity index (χ0v) is 32.2. The van der Waals surface area contributed by atoms with E-state index in [2.05, 4.69) is 22.3 Å². The Balaban J connectivity index is 1.07. The highest BCUT2D eigenvalue weighted by Crippen LogP contribution is 2.56. The van der Waals surface area contributed by atoms with Crippen molar-refractivity contribution in [1.82, 2.24) is 29.2 Å². The van der Waals surface area contributed by atoms with Gasteiger partial charge in [-0.1, -0.05) is 42.4 Å². The van der Waals surface area contributed by atoms with Crippen molar-refractivity contribution in [2.75, 3.05) is 42.6 Å². The zero-order chi connectivity index (χ0) is 40.6. The smallest absolute Gasteiger partial charge is 0.438 e. The molecule has 3 amide bonds. The van der Waals surface area contributed by atoms with Crippen LogP contribution >= 0.6 is 0 Å². The van der Waals surface area contributed by atoms with Crippen LogP contribution in [0.15, 0.2) is 93.0 Å². The second kappa shape index (κ2) is 13.9. The Hall–Kier alpha value is -6.81. The number of carbonyl (C=O) groups is 3. The molecule has 16 nitrogen and oxygen atoms in total. The Labute approximate surface area is 336 Å². The number of aromatic nitrogens is 5. The highest BCUT2D eigenvalue weighted by molar-refractivity contribution is 6.05. The summed E-state index contributed by atoms with van der Waals surface area (Å²) in [6.45, 7) is 4.14. The lowest BCUT2D eigenvalue weighted by molar-refractivity contribution is 0.0694. The van der Waals surface area contributed by atoms with Crippen molar-refractivity contribution in [2.24, 2.45) is 5.92 Å². The van der Waals surface area contributed by atoms with Gasteiger partial charge in [-0.3, -0.25) is 28.9 Å². The number of aromatic carboxylic acids is 1. The molecule has 6 aromatic rings. The maximum Gasteiger partial charge on any atom is 0.438 e. The van der Waals surface area contributed by atoms with Gasteiger partial charge in [-0.25, -0.2) is 23.9 Å². The Bertz CT molecular complexity index is 2800. The quantitative estimate of drug-likeness (QED) is 0.215. The van der Waals surface area contributed by atoms with Gasteiger partial charge in [0.2, 0.25) is 5.95 Å². The van der Waals surface area contributed by atoms with Crippen molar-refractivity contribution in [3.05, 3.63) is 134 Å². The van der Waals surface area contributed by atoms with Crippen LogP contribution in [0.2, 0.25) is 0 Å². The molecule has 0 bridgehead atoms. The van der Waals surface area contributed by atoms with Gasteiger partial charge < -0.3 is 19.3 Å². The van der Waals surface area contributed by atoms with E-state index >= 15 is 4.79 Å². The minimum Gasteiger partial charge on any atom is -0.478 e. The molecule has 300 valence electrons. The number of hydrogen-bond donors (Lipinski definition) is 2. The fourth-order valence-corrected chi connectivity index (χ4v) is 9.25. The number of ether oxygens (including phenoxy) is 1. The first kappa shape index (κ1) is 36.5. The van der Waals surface area contributed by atoms with Gasteiger partial charge in [0.1, 0.15) is 11.2 Å². The number of amides is 3. The lowest BCUT2D eigenvalue weighted by atomic mass is 9.91. The zero-order valence-electron chi connectivity index (χ0n) is 32.2. The highest BCUT2D eigenvalue weighted by Gasteiger charge is 2.59. The Kier molecular flexibility index (Phi) is 8.63. The van der Waals surface area contributed by atoms with E-state index in [1.54, 1.807) is 21.9 Å². The molecule has 3 aromatic heterocycles. The van der Waals surface area contributed by atoms with Crippen LogP contribution < -0.4 is 21.1 Å². The molecular weight excluding hydrogens is 757 g/mol. The molecule has 0 spiro atoms. The fraction of sp³-hybridized carbons (Fsp3) is 0.326. The maximum atomic E-state index is 15.0. The molecule has 59 heavy (non-hydrogen) atoms. The lowest BCUT2D eigenvalue weighted by Gasteiger charge is -2.31. The number of rotatable bonds is 8. The molecule has 0 radical (unpaired) electrons.